The average Bonchev–Trinajstić information content (AvgIpc) is 2.03. The van der Waals surface area contributed by atoms with Gasteiger partial charge >= 0.3 is 0 Å². The Morgan fingerprint density at radius 2 is 1.55 bits per heavy atom. The molecule has 0 rings (SSSR count). The summed E-state index contributed by atoms with van der Waals surface area (Å²) in [5.74, 6) is -0.252. The Morgan fingerprint density at radius 3 is 1.55 bits per heavy atom. The van der Waals surface area contributed by atoms with Gasteiger partial charge in [0.15, 0.2) is 0 Å². The predicted octanol–water partition coefficient (Wildman–Crippen LogP) is 2.87. The number of aliphatic hydroxyl groups is 1. The van der Waals surface area contributed by atoms with Crippen LogP contribution in [-0.2, 0) is 103 Å². The van der Waals surface area contributed by atoms with Crippen molar-refractivity contribution in [2.24, 2.45) is 5.10 Å². The van der Waals surface area contributed by atoms with Gasteiger partial charge in [-0.3, -0.25) is 10.2 Å². The summed E-state index contributed by atoms with van der Waals surface area (Å²) < 4.78 is 0. The van der Waals surface area contributed by atoms with Crippen LogP contribution in [0.4, 0.5) is 0 Å². The summed E-state index contributed by atoms with van der Waals surface area (Å²) in [7, 11) is 0. The third-order valence-electron chi connectivity index (χ3n) is 0.640. The van der Waals surface area contributed by atoms with Gasteiger partial charge in [0.25, 0.3) is 0 Å². The van der Waals surface area contributed by atoms with Crippen LogP contribution in [0.25, 0.3) is 0 Å². The van der Waals surface area contributed by atoms with Crippen LogP contribution in [0, 0.1) is 13.8 Å². The van der Waals surface area contributed by atoms with Gasteiger partial charge in [0.2, 0.25) is 5.91 Å². The van der Waals surface area contributed by atoms with E-state index in [-0.39, 0.29) is 125 Å². The average molecular weight is 512 g/mol. The molecule has 0 aliphatic heterocycles. The van der Waals surface area contributed by atoms with Crippen LogP contribution in [-0.4, -0.2) is 23.8 Å². The van der Waals surface area contributed by atoms with Gasteiger partial charge < -0.3 is 23.8 Å². The van der Waals surface area contributed by atoms with E-state index in [9.17, 15) is 4.79 Å². The first-order valence-corrected chi connectivity index (χ1v) is 4.39. The number of nitrogens with one attached hydrogen (secondary N) is 1. The minimum Gasteiger partial charge on any atom is -0.401 e. The molecule has 0 heterocycles. The minimum absolute atomic E-state index is 0. The van der Waals surface area contributed by atoms with E-state index in [0.29, 0.717) is 6.42 Å². The number of hydrogen-bond donors (Lipinski definition) is 2. The molecule has 4 nitrogen and oxygen atoms in total. The van der Waals surface area contributed by atoms with Crippen LogP contribution in [0.1, 0.15) is 42.0 Å². The largest absolute Gasteiger partial charge is 0.401 e. The third kappa shape index (κ3) is 147. The fourth-order valence-corrected chi connectivity index (χ4v) is 0.0909. The number of hydrazone groups is 1. The molecule has 0 aromatic heterocycles. The van der Waals surface area contributed by atoms with Crippen molar-refractivity contribution in [3.8, 4) is 0 Å². The molecule has 0 aromatic carbocycles. The van der Waals surface area contributed by atoms with Crippen molar-refractivity contribution in [1.82, 2.24) is 5.43 Å². The number of carbonyl (C=O) groups is 1. The van der Waals surface area contributed by atoms with Crippen molar-refractivity contribution in [2.75, 3.05) is 0 Å². The molecule has 0 aliphatic rings. The molecule has 20 heavy (non-hydrogen) atoms. The predicted molar refractivity (Wildman–Crippen MR) is 77.6 cm³/mol. The van der Waals surface area contributed by atoms with Gasteiger partial charge in [0.05, 0.1) is 0 Å². The molecular weight excluding hydrogens is 483 g/mol. The number of allylic oxidation sites excluding steroid dienone is 1. The van der Waals surface area contributed by atoms with Gasteiger partial charge in [-0.25, -0.2) is 19.1 Å². The van der Waals surface area contributed by atoms with Gasteiger partial charge in [-0.05, 0) is 6.92 Å². The smallest absolute Gasteiger partial charge is 0.234 e. The molecule has 0 aromatic rings. The van der Waals surface area contributed by atoms with E-state index in [1.165, 1.54) is 6.92 Å². The van der Waals surface area contributed by atoms with Crippen molar-refractivity contribution in [3.63, 3.8) is 0 Å². The van der Waals surface area contributed by atoms with Crippen LogP contribution in [0.5, 0.6) is 0 Å². The van der Waals surface area contributed by atoms with Crippen LogP contribution in [0.2, 0.25) is 0 Å². The first-order valence-electron chi connectivity index (χ1n) is 4.39. The SMILES string of the molecule is C.C.C=C([CH2-])C.[CH-]=NNC(C)=O.[CH2-]CC(C)O.[Y].[Y].[Y]. The molecule has 115 valence electrons. The maximum Gasteiger partial charge on any atom is 0.234 e. The minimum atomic E-state index is -0.252. The molecule has 0 spiro atoms. The standard InChI is InChI=1S/C4H9O.C4H7.C3H5N2O.2CH4.3Y/c1-3-4(2)5;1-4(2)3;1-3(6)5-4-2;;;;;/h4-5H,1,3H2,2H3;1-2H2,3H3;2H,1H3,(H,5,6);2*1H4;;;/q3*-1;;;;;. The third-order valence-corrected chi connectivity index (χ3v) is 0.640. The summed E-state index contributed by atoms with van der Waals surface area (Å²) in [5, 5.41) is 11.1. The fraction of sp³-hybridized carbons (Fsp3) is 0.538. The molecule has 0 bridgehead atoms. The molecular formula is C13H29N2O2Y3-3. The number of hydrogen-bond acceptors (Lipinski definition) is 3. The second-order valence-corrected chi connectivity index (χ2v) is 2.89. The van der Waals surface area contributed by atoms with E-state index in [1.54, 1.807) is 6.92 Å². The van der Waals surface area contributed by atoms with Crippen molar-refractivity contribution in [3.05, 3.63) is 26.0 Å². The number of nitrogens with zero attached hydrogens (tertiary/aromatic N) is 1. The number of carbonyl (C=O) groups excluding carboxylic acids is 1. The molecule has 0 saturated carbocycles. The topological polar surface area (TPSA) is 61.7 Å². The van der Waals surface area contributed by atoms with E-state index in [2.05, 4.69) is 32.2 Å². The molecule has 0 fully saturated rings. The summed E-state index contributed by atoms with van der Waals surface area (Å²) in [6.07, 6.45) is 0.384. The Balaban J connectivity index is -0.0000000162. The Kier molecular flexibility index (Phi) is 106. The molecule has 0 saturated heterocycles. The Labute approximate surface area is 202 Å². The maximum atomic E-state index is 9.76. The Morgan fingerprint density at radius 1 is 1.35 bits per heavy atom. The Hall–Kier alpha value is 2.02. The van der Waals surface area contributed by atoms with E-state index in [1.807, 2.05) is 12.3 Å². The summed E-state index contributed by atoms with van der Waals surface area (Å²) >= 11 is 0. The number of aliphatic hydroxyl groups excluding tert-OH is 1. The van der Waals surface area contributed by atoms with E-state index >= 15 is 0 Å². The van der Waals surface area contributed by atoms with Crippen molar-refractivity contribution >= 4 is 12.6 Å². The van der Waals surface area contributed by atoms with Crippen LogP contribution < -0.4 is 5.43 Å². The van der Waals surface area contributed by atoms with Crippen molar-refractivity contribution in [1.29, 1.82) is 0 Å². The zero-order valence-electron chi connectivity index (χ0n) is 11.5. The van der Waals surface area contributed by atoms with E-state index < -0.39 is 0 Å². The summed E-state index contributed by atoms with van der Waals surface area (Å²) in [5.41, 5.74) is 2.89. The molecule has 3 radical (unpaired) electrons. The van der Waals surface area contributed by atoms with Crippen LogP contribution in [0.3, 0.4) is 0 Å². The van der Waals surface area contributed by atoms with Gasteiger partial charge in [-0.15, -0.1) is 0 Å². The van der Waals surface area contributed by atoms with Crippen molar-refractivity contribution < 1.29 is 108 Å². The Bertz CT molecular complexity index is 186. The second-order valence-electron chi connectivity index (χ2n) is 2.89. The zero-order chi connectivity index (χ0) is 12.9. The maximum absolute atomic E-state index is 9.76. The van der Waals surface area contributed by atoms with Gasteiger partial charge in [-0.2, -0.15) is 6.42 Å². The van der Waals surface area contributed by atoms with E-state index in [4.69, 9.17) is 5.11 Å². The van der Waals surface area contributed by atoms with E-state index in [0.717, 1.165) is 5.57 Å². The van der Waals surface area contributed by atoms with Crippen molar-refractivity contribution in [2.45, 2.75) is 48.1 Å². The molecule has 1 atom stereocenters. The summed E-state index contributed by atoms with van der Waals surface area (Å²) in [6.45, 7) is 19.8. The first kappa shape index (κ1) is 49.5. The monoisotopic (exact) mass is 512 g/mol. The quantitative estimate of drug-likeness (QED) is 0.340. The van der Waals surface area contributed by atoms with Gasteiger partial charge in [-0.1, -0.05) is 21.8 Å². The molecule has 2 N–H and O–H groups in total. The molecule has 7 heteroatoms. The van der Waals surface area contributed by atoms with Gasteiger partial charge in [0, 0.05) is 111 Å². The summed E-state index contributed by atoms with van der Waals surface area (Å²) in [4.78, 5) is 9.76. The second kappa shape index (κ2) is 42.9. The molecule has 1 amide bonds. The molecule has 0 aliphatic carbocycles. The number of rotatable bonds is 2. The summed E-state index contributed by atoms with van der Waals surface area (Å²) in [6, 6.07) is 0. The first-order chi connectivity index (χ1) is 6.77. The molecule has 1 unspecified atom stereocenters. The van der Waals surface area contributed by atoms with Gasteiger partial charge in [0.1, 0.15) is 0 Å². The number of amides is 1. The zero-order valence-corrected chi connectivity index (χ0v) is 20.0. The van der Waals surface area contributed by atoms with Crippen LogP contribution >= 0.6 is 0 Å². The van der Waals surface area contributed by atoms with Crippen LogP contribution in [0.15, 0.2) is 17.3 Å². The fourth-order valence-electron chi connectivity index (χ4n) is 0.0909. The normalized spacial score (nSPS) is 7.05.